The van der Waals surface area contributed by atoms with Crippen LogP contribution in [0.25, 0.3) is 5.65 Å². The molecule has 0 atom stereocenters. The molecule has 124 valence electrons. The minimum Gasteiger partial charge on any atom is -0.347 e. The van der Waals surface area contributed by atoms with E-state index in [-0.39, 0.29) is 18.3 Å². The Hall–Kier alpha value is -2.21. The first-order valence-electron chi connectivity index (χ1n) is 7.70. The number of imidazole rings is 1. The van der Waals surface area contributed by atoms with Crippen molar-refractivity contribution in [2.45, 2.75) is 26.8 Å². The fourth-order valence-electron chi connectivity index (χ4n) is 2.70. The Labute approximate surface area is 147 Å². The number of aryl methyl sites for hydroxylation is 2. The maximum atomic E-state index is 13.7. The lowest BCUT2D eigenvalue weighted by atomic mass is 10.2. The van der Waals surface area contributed by atoms with Crippen LogP contribution in [-0.4, -0.2) is 15.3 Å². The molecule has 0 saturated heterocycles. The number of aromatic nitrogens is 2. The molecule has 2 aromatic heterocycles. The summed E-state index contributed by atoms with van der Waals surface area (Å²) in [5.41, 5.74) is 3.41. The normalized spacial score (nSPS) is 11.0. The summed E-state index contributed by atoms with van der Waals surface area (Å²) in [4.78, 5) is 17.3. The van der Waals surface area contributed by atoms with E-state index in [0.29, 0.717) is 17.7 Å². The van der Waals surface area contributed by atoms with Crippen LogP contribution in [0.1, 0.15) is 34.2 Å². The third-order valence-corrected chi connectivity index (χ3v) is 4.32. The van der Waals surface area contributed by atoms with Crippen molar-refractivity contribution in [2.75, 3.05) is 0 Å². The maximum absolute atomic E-state index is 13.7. The van der Waals surface area contributed by atoms with Gasteiger partial charge in [0.1, 0.15) is 17.2 Å². The van der Waals surface area contributed by atoms with Crippen LogP contribution in [0.15, 0.2) is 41.0 Å². The van der Waals surface area contributed by atoms with E-state index in [9.17, 15) is 9.18 Å². The summed E-state index contributed by atoms with van der Waals surface area (Å²) in [5.74, 6) is -0.592. The summed E-state index contributed by atoms with van der Waals surface area (Å²) in [7, 11) is 0. The van der Waals surface area contributed by atoms with Gasteiger partial charge in [0, 0.05) is 22.8 Å². The van der Waals surface area contributed by atoms with Gasteiger partial charge < -0.3 is 5.32 Å². The summed E-state index contributed by atoms with van der Waals surface area (Å²) < 4.78 is 16.4. The number of carbonyl (C=O) groups excluding carboxylic acids is 1. The van der Waals surface area contributed by atoms with Crippen LogP contribution >= 0.6 is 15.9 Å². The number of pyridine rings is 1. The molecule has 0 spiro atoms. The van der Waals surface area contributed by atoms with E-state index >= 15 is 0 Å². The number of hydrogen-bond donors (Lipinski definition) is 1. The van der Waals surface area contributed by atoms with Crippen molar-refractivity contribution in [2.24, 2.45) is 0 Å². The molecule has 1 N–H and O–H groups in total. The summed E-state index contributed by atoms with van der Waals surface area (Å²) in [6.07, 6.45) is 2.47. The molecule has 0 aliphatic heterocycles. The molecule has 3 rings (SSSR count). The molecule has 3 aromatic rings. The van der Waals surface area contributed by atoms with E-state index in [4.69, 9.17) is 0 Å². The molecule has 0 saturated carbocycles. The van der Waals surface area contributed by atoms with Gasteiger partial charge in [-0.3, -0.25) is 9.20 Å². The maximum Gasteiger partial charge on any atom is 0.270 e. The summed E-state index contributed by atoms with van der Waals surface area (Å²) in [6.45, 7) is 4.04. The van der Waals surface area contributed by atoms with Crippen LogP contribution in [0, 0.1) is 12.7 Å². The van der Waals surface area contributed by atoms with Crippen molar-refractivity contribution in [3.63, 3.8) is 0 Å². The number of nitrogens with zero attached hydrogens (tertiary/aromatic N) is 2. The van der Waals surface area contributed by atoms with Gasteiger partial charge in [0.15, 0.2) is 0 Å². The first-order valence-corrected chi connectivity index (χ1v) is 8.49. The SMILES string of the molecule is CCc1nc2c(C)cc(Br)cn2c1C(=O)NCc1ccccc1F. The second-order valence-electron chi connectivity index (χ2n) is 5.57. The van der Waals surface area contributed by atoms with E-state index in [0.717, 1.165) is 21.4 Å². The second kappa shape index (κ2) is 6.73. The first-order chi connectivity index (χ1) is 11.5. The van der Waals surface area contributed by atoms with Crippen molar-refractivity contribution in [3.05, 3.63) is 69.3 Å². The lowest BCUT2D eigenvalue weighted by Crippen LogP contribution is -2.25. The largest absolute Gasteiger partial charge is 0.347 e. The van der Waals surface area contributed by atoms with Gasteiger partial charge in [0.2, 0.25) is 0 Å². The van der Waals surface area contributed by atoms with Gasteiger partial charge in [0.25, 0.3) is 5.91 Å². The van der Waals surface area contributed by atoms with E-state index in [1.54, 1.807) is 22.6 Å². The Balaban J connectivity index is 1.96. The van der Waals surface area contributed by atoms with Crippen molar-refractivity contribution in [1.82, 2.24) is 14.7 Å². The van der Waals surface area contributed by atoms with Crippen molar-refractivity contribution < 1.29 is 9.18 Å². The molecule has 0 radical (unpaired) electrons. The average Bonchev–Trinajstić information content (AvgIpc) is 2.92. The Morgan fingerprint density at radius 1 is 1.38 bits per heavy atom. The minimum atomic E-state index is -0.328. The number of amides is 1. The van der Waals surface area contributed by atoms with Gasteiger partial charge in [-0.25, -0.2) is 9.37 Å². The molecule has 4 nitrogen and oxygen atoms in total. The van der Waals surface area contributed by atoms with Crippen LogP contribution in [0.4, 0.5) is 4.39 Å². The highest BCUT2D eigenvalue weighted by atomic mass is 79.9. The van der Waals surface area contributed by atoms with Crippen LogP contribution in [-0.2, 0) is 13.0 Å². The molecular formula is C18H17BrFN3O. The predicted octanol–water partition coefficient (Wildman–Crippen LogP) is 4.04. The van der Waals surface area contributed by atoms with Gasteiger partial charge in [-0.1, -0.05) is 25.1 Å². The summed E-state index contributed by atoms with van der Waals surface area (Å²) in [6, 6.07) is 8.37. The van der Waals surface area contributed by atoms with Crippen molar-refractivity contribution >= 4 is 27.5 Å². The number of hydrogen-bond acceptors (Lipinski definition) is 2. The zero-order chi connectivity index (χ0) is 17.3. The number of rotatable bonds is 4. The van der Waals surface area contributed by atoms with E-state index < -0.39 is 0 Å². The molecule has 0 bridgehead atoms. The molecule has 2 heterocycles. The predicted molar refractivity (Wildman–Crippen MR) is 94.6 cm³/mol. The first kappa shape index (κ1) is 16.6. The fraction of sp³-hybridized carbons (Fsp3) is 0.222. The van der Waals surface area contributed by atoms with E-state index in [1.165, 1.54) is 6.07 Å². The van der Waals surface area contributed by atoms with Gasteiger partial charge in [-0.2, -0.15) is 0 Å². The highest BCUT2D eigenvalue weighted by Gasteiger charge is 2.19. The zero-order valence-electron chi connectivity index (χ0n) is 13.4. The number of halogens is 2. The number of nitrogens with one attached hydrogen (secondary N) is 1. The number of benzene rings is 1. The minimum absolute atomic E-state index is 0.134. The Morgan fingerprint density at radius 2 is 2.12 bits per heavy atom. The van der Waals surface area contributed by atoms with E-state index in [2.05, 4.69) is 26.2 Å². The van der Waals surface area contributed by atoms with Gasteiger partial charge in [-0.05, 0) is 47.0 Å². The van der Waals surface area contributed by atoms with Gasteiger partial charge in [-0.15, -0.1) is 0 Å². The highest BCUT2D eigenvalue weighted by Crippen LogP contribution is 2.21. The molecule has 1 amide bonds. The Morgan fingerprint density at radius 3 is 2.83 bits per heavy atom. The molecule has 0 aliphatic rings. The van der Waals surface area contributed by atoms with Crippen molar-refractivity contribution in [3.8, 4) is 0 Å². The average molecular weight is 390 g/mol. The third-order valence-electron chi connectivity index (χ3n) is 3.89. The quantitative estimate of drug-likeness (QED) is 0.731. The van der Waals surface area contributed by atoms with Gasteiger partial charge >= 0.3 is 0 Å². The lowest BCUT2D eigenvalue weighted by Gasteiger charge is -2.08. The van der Waals surface area contributed by atoms with Crippen LogP contribution < -0.4 is 5.32 Å². The molecule has 6 heteroatoms. The summed E-state index contributed by atoms with van der Waals surface area (Å²) in [5, 5.41) is 2.79. The fourth-order valence-corrected chi connectivity index (χ4v) is 3.25. The highest BCUT2D eigenvalue weighted by molar-refractivity contribution is 9.10. The zero-order valence-corrected chi connectivity index (χ0v) is 15.0. The molecule has 0 aliphatic carbocycles. The molecule has 24 heavy (non-hydrogen) atoms. The molecule has 0 unspecified atom stereocenters. The van der Waals surface area contributed by atoms with Gasteiger partial charge in [0.05, 0.1) is 5.69 Å². The third kappa shape index (κ3) is 3.06. The van der Waals surface area contributed by atoms with Crippen LogP contribution in [0.3, 0.4) is 0 Å². The standard InChI is InChI=1S/C18H17BrFN3O/c1-3-15-16(23-10-13(19)8-11(2)17(23)22-15)18(24)21-9-12-6-4-5-7-14(12)20/h4-8,10H,3,9H2,1-2H3,(H,21,24). The van der Waals surface area contributed by atoms with Crippen LogP contribution in [0.5, 0.6) is 0 Å². The Kier molecular flexibility index (Phi) is 4.66. The smallest absolute Gasteiger partial charge is 0.270 e. The summed E-state index contributed by atoms with van der Waals surface area (Å²) >= 11 is 3.45. The second-order valence-corrected chi connectivity index (χ2v) is 6.49. The number of carbonyl (C=O) groups is 1. The topological polar surface area (TPSA) is 46.4 Å². The van der Waals surface area contributed by atoms with E-state index in [1.807, 2.05) is 26.1 Å². The molecule has 0 fully saturated rings. The lowest BCUT2D eigenvalue weighted by molar-refractivity contribution is 0.0943. The van der Waals surface area contributed by atoms with Crippen molar-refractivity contribution in [1.29, 1.82) is 0 Å². The Bertz CT molecular complexity index is 920. The number of fused-ring (bicyclic) bond motifs is 1. The monoisotopic (exact) mass is 389 g/mol. The van der Waals surface area contributed by atoms with Crippen LogP contribution in [0.2, 0.25) is 0 Å². The molecular weight excluding hydrogens is 373 g/mol. The molecule has 1 aromatic carbocycles.